The van der Waals surface area contributed by atoms with E-state index >= 15 is 0 Å². The summed E-state index contributed by atoms with van der Waals surface area (Å²) in [6.45, 7) is 3.90. The van der Waals surface area contributed by atoms with Gasteiger partial charge in [-0.3, -0.25) is 4.79 Å². The minimum atomic E-state index is -0.121. The summed E-state index contributed by atoms with van der Waals surface area (Å²) in [6, 6.07) is 11.6. The Kier molecular flexibility index (Phi) is 7.65. The first-order chi connectivity index (χ1) is 13.4. The maximum atomic E-state index is 12.3. The summed E-state index contributed by atoms with van der Waals surface area (Å²) in [6.07, 6.45) is 0. The Balaban J connectivity index is 1.50. The van der Waals surface area contributed by atoms with Crippen LogP contribution in [-0.2, 0) is 10.5 Å². The molecular formula is C19H17Cl2N3OS3. The molecule has 28 heavy (non-hydrogen) atoms. The van der Waals surface area contributed by atoms with E-state index < -0.39 is 0 Å². The van der Waals surface area contributed by atoms with Gasteiger partial charge in [0, 0.05) is 10.8 Å². The normalized spacial score (nSPS) is 10.9. The fourth-order valence-corrected chi connectivity index (χ4v) is 5.69. The SMILES string of the molecule is Cc1cc(C)c(NC(=O)CSc2nnc(SCc3ccc(Cl)cc3)s2)c(Cl)c1. The molecule has 0 aliphatic carbocycles. The summed E-state index contributed by atoms with van der Waals surface area (Å²) >= 11 is 16.6. The van der Waals surface area contributed by atoms with E-state index in [4.69, 9.17) is 23.2 Å². The smallest absolute Gasteiger partial charge is 0.234 e. The number of nitrogens with one attached hydrogen (secondary N) is 1. The van der Waals surface area contributed by atoms with Crippen LogP contribution in [0.3, 0.4) is 0 Å². The number of thioether (sulfide) groups is 2. The Morgan fingerprint density at radius 2 is 1.75 bits per heavy atom. The number of amides is 1. The van der Waals surface area contributed by atoms with Gasteiger partial charge in [-0.05, 0) is 48.7 Å². The predicted octanol–water partition coefficient (Wildman–Crippen LogP) is 6.48. The van der Waals surface area contributed by atoms with Crippen molar-refractivity contribution < 1.29 is 4.79 Å². The van der Waals surface area contributed by atoms with E-state index in [1.165, 1.54) is 28.7 Å². The zero-order chi connectivity index (χ0) is 20.1. The number of halogens is 2. The minimum Gasteiger partial charge on any atom is -0.324 e. The number of hydrogen-bond acceptors (Lipinski definition) is 6. The summed E-state index contributed by atoms with van der Waals surface area (Å²) in [5, 5.41) is 12.5. The molecule has 3 aromatic rings. The number of hydrogen-bond donors (Lipinski definition) is 1. The first-order valence-electron chi connectivity index (χ1n) is 8.31. The number of carbonyl (C=O) groups excluding carboxylic acids is 1. The molecule has 0 atom stereocenters. The third kappa shape index (κ3) is 6.12. The zero-order valence-electron chi connectivity index (χ0n) is 15.2. The van der Waals surface area contributed by atoms with Crippen LogP contribution in [0.15, 0.2) is 45.1 Å². The first-order valence-corrected chi connectivity index (χ1v) is 11.8. The first kappa shape index (κ1) is 21.5. The lowest BCUT2D eigenvalue weighted by molar-refractivity contribution is -0.113. The largest absolute Gasteiger partial charge is 0.324 e. The summed E-state index contributed by atoms with van der Waals surface area (Å²) in [7, 11) is 0. The Labute approximate surface area is 186 Å². The molecule has 0 bridgehead atoms. The molecule has 1 amide bonds. The molecule has 4 nitrogen and oxygen atoms in total. The molecule has 146 valence electrons. The third-order valence-electron chi connectivity index (χ3n) is 3.69. The Hall–Kier alpha value is -1.25. The van der Waals surface area contributed by atoms with Gasteiger partial charge in [-0.25, -0.2) is 0 Å². The fraction of sp³-hybridized carbons (Fsp3) is 0.211. The molecule has 0 unspecified atom stereocenters. The standard InChI is InChI=1S/C19H17Cl2N3OS3/c1-11-7-12(2)17(15(21)8-11)22-16(25)10-27-19-24-23-18(28-19)26-9-13-3-5-14(20)6-4-13/h3-8H,9-10H2,1-2H3,(H,22,25). The Morgan fingerprint density at radius 1 is 1.07 bits per heavy atom. The van der Waals surface area contributed by atoms with Crippen molar-refractivity contribution in [3.05, 3.63) is 63.1 Å². The highest BCUT2D eigenvalue weighted by Crippen LogP contribution is 2.32. The van der Waals surface area contributed by atoms with Gasteiger partial charge in [-0.15, -0.1) is 10.2 Å². The number of benzene rings is 2. The number of anilines is 1. The van der Waals surface area contributed by atoms with E-state index in [0.29, 0.717) is 10.7 Å². The van der Waals surface area contributed by atoms with Crippen molar-refractivity contribution in [1.82, 2.24) is 10.2 Å². The van der Waals surface area contributed by atoms with Crippen molar-refractivity contribution in [2.24, 2.45) is 0 Å². The average molecular weight is 470 g/mol. The van der Waals surface area contributed by atoms with Gasteiger partial charge in [0.2, 0.25) is 5.91 Å². The molecule has 0 saturated heterocycles. The van der Waals surface area contributed by atoms with Gasteiger partial charge in [-0.2, -0.15) is 0 Å². The molecule has 2 aromatic carbocycles. The van der Waals surface area contributed by atoms with Crippen molar-refractivity contribution >= 4 is 69.7 Å². The second-order valence-corrected chi connectivity index (χ2v) is 10.3. The summed E-state index contributed by atoms with van der Waals surface area (Å²) < 4.78 is 1.63. The molecule has 3 rings (SSSR count). The number of aromatic nitrogens is 2. The molecule has 0 aliphatic rings. The molecule has 1 heterocycles. The number of rotatable bonds is 7. The maximum Gasteiger partial charge on any atom is 0.234 e. The van der Waals surface area contributed by atoms with Crippen LogP contribution in [0.1, 0.15) is 16.7 Å². The lowest BCUT2D eigenvalue weighted by atomic mass is 10.1. The highest BCUT2D eigenvalue weighted by molar-refractivity contribution is 8.03. The Bertz CT molecular complexity index is 954. The van der Waals surface area contributed by atoms with E-state index in [1.54, 1.807) is 11.8 Å². The monoisotopic (exact) mass is 469 g/mol. The second-order valence-electron chi connectivity index (χ2n) is 6.02. The van der Waals surface area contributed by atoms with Gasteiger partial charge in [0.15, 0.2) is 8.68 Å². The minimum absolute atomic E-state index is 0.121. The van der Waals surface area contributed by atoms with Crippen LogP contribution in [0.25, 0.3) is 0 Å². The lowest BCUT2D eigenvalue weighted by Crippen LogP contribution is -2.15. The van der Waals surface area contributed by atoms with Gasteiger partial charge in [-0.1, -0.05) is 76.3 Å². The predicted molar refractivity (Wildman–Crippen MR) is 121 cm³/mol. The van der Waals surface area contributed by atoms with Gasteiger partial charge in [0.1, 0.15) is 0 Å². The van der Waals surface area contributed by atoms with Crippen LogP contribution in [0.2, 0.25) is 10.0 Å². The van der Waals surface area contributed by atoms with Crippen LogP contribution in [0, 0.1) is 13.8 Å². The Morgan fingerprint density at radius 3 is 2.43 bits per heavy atom. The second kappa shape index (κ2) is 9.98. The molecule has 1 aromatic heterocycles. The van der Waals surface area contributed by atoms with Crippen molar-refractivity contribution in [2.45, 2.75) is 28.3 Å². The molecule has 0 radical (unpaired) electrons. The van der Waals surface area contributed by atoms with Gasteiger partial charge < -0.3 is 5.32 Å². The van der Waals surface area contributed by atoms with Gasteiger partial charge in [0.25, 0.3) is 0 Å². The number of aryl methyl sites for hydroxylation is 2. The molecular weight excluding hydrogens is 453 g/mol. The van der Waals surface area contributed by atoms with Crippen molar-refractivity contribution in [1.29, 1.82) is 0 Å². The van der Waals surface area contributed by atoms with Crippen molar-refractivity contribution in [2.75, 3.05) is 11.1 Å². The van der Waals surface area contributed by atoms with E-state index in [1.807, 2.05) is 50.2 Å². The highest BCUT2D eigenvalue weighted by atomic mass is 35.5. The van der Waals surface area contributed by atoms with E-state index in [0.717, 1.165) is 30.6 Å². The maximum absolute atomic E-state index is 12.3. The molecule has 9 heteroatoms. The van der Waals surface area contributed by atoms with Gasteiger partial charge in [0.05, 0.1) is 16.5 Å². The van der Waals surface area contributed by atoms with Crippen LogP contribution in [-0.4, -0.2) is 21.9 Å². The number of nitrogens with zero attached hydrogens (tertiary/aromatic N) is 2. The highest BCUT2D eigenvalue weighted by Gasteiger charge is 2.12. The summed E-state index contributed by atoms with van der Waals surface area (Å²) in [5.41, 5.74) is 3.84. The number of carbonyl (C=O) groups is 1. The summed E-state index contributed by atoms with van der Waals surface area (Å²) in [5.74, 6) is 0.923. The van der Waals surface area contributed by atoms with Crippen LogP contribution >= 0.6 is 58.1 Å². The van der Waals surface area contributed by atoms with Crippen molar-refractivity contribution in [3.8, 4) is 0 Å². The van der Waals surface area contributed by atoms with Gasteiger partial charge >= 0.3 is 0 Å². The van der Waals surface area contributed by atoms with Crippen molar-refractivity contribution in [3.63, 3.8) is 0 Å². The molecule has 0 spiro atoms. The lowest BCUT2D eigenvalue weighted by Gasteiger charge is -2.11. The average Bonchev–Trinajstić information content (AvgIpc) is 3.10. The fourth-order valence-electron chi connectivity index (χ4n) is 2.42. The van der Waals surface area contributed by atoms with Crippen LogP contribution in [0.5, 0.6) is 0 Å². The third-order valence-corrected chi connectivity index (χ3v) is 7.50. The molecule has 0 aliphatic heterocycles. The zero-order valence-corrected chi connectivity index (χ0v) is 19.1. The molecule has 0 saturated carbocycles. The van der Waals surface area contributed by atoms with Crippen LogP contribution < -0.4 is 5.32 Å². The van der Waals surface area contributed by atoms with Crippen LogP contribution in [0.4, 0.5) is 5.69 Å². The van der Waals surface area contributed by atoms with E-state index in [2.05, 4.69) is 15.5 Å². The quantitative estimate of drug-likeness (QED) is 0.400. The topological polar surface area (TPSA) is 54.9 Å². The molecule has 0 fully saturated rings. The molecule has 1 N–H and O–H groups in total. The summed E-state index contributed by atoms with van der Waals surface area (Å²) in [4.78, 5) is 12.3. The van der Waals surface area contributed by atoms with E-state index in [9.17, 15) is 4.79 Å². The van der Waals surface area contributed by atoms with E-state index in [-0.39, 0.29) is 11.7 Å².